The second-order valence-electron chi connectivity index (χ2n) is 5.22. The topological polar surface area (TPSA) is 72.9 Å². The number of aromatic nitrogens is 2. The standard InChI is InChI=1S/C14H24N4O/c1-3-10-9-13(18(4-2)17-10)14(19)16-12-8-6-5-7-11(12)15/h9,11-12H,3-8,15H2,1-2H3,(H,16,19). The van der Waals surface area contributed by atoms with E-state index in [1.54, 1.807) is 4.68 Å². The lowest BCUT2D eigenvalue weighted by molar-refractivity contribution is 0.0910. The highest BCUT2D eigenvalue weighted by Gasteiger charge is 2.25. The molecule has 1 heterocycles. The predicted octanol–water partition coefficient (Wildman–Crippen LogP) is 1.47. The first-order chi connectivity index (χ1) is 9.15. The molecule has 5 nitrogen and oxygen atoms in total. The molecule has 1 amide bonds. The van der Waals surface area contributed by atoms with E-state index in [0.717, 1.165) is 31.4 Å². The molecule has 1 aromatic rings. The minimum atomic E-state index is -0.0450. The molecule has 3 N–H and O–H groups in total. The lowest BCUT2D eigenvalue weighted by Gasteiger charge is -2.29. The Balaban J connectivity index is 2.08. The normalized spacial score (nSPS) is 23.3. The molecule has 0 aliphatic heterocycles. The van der Waals surface area contributed by atoms with Crippen LogP contribution < -0.4 is 11.1 Å². The summed E-state index contributed by atoms with van der Waals surface area (Å²) in [5, 5.41) is 7.48. The molecule has 1 saturated carbocycles. The van der Waals surface area contributed by atoms with Crippen LogP contribution >= 0.6 is 0 Å². The van der Waals surface area contributed by atoms with Gasteiger partial charge in [0.1, 0.15) is 5.69 Å². The van der Waals surface area contributed by atoms with Crippen molar-refractivity contribution in [3.05, 3.63) is 17.5 Å². The highest BCUT2D eigenvalue weighted by molar-refractivity contribution is 5.93. The molecule has 0 radical (unpaired) electrons. The molecule has 106 valence electrons. The Hall–Kier alpha value is -1.36. The van der Waals surface area contributed by atoms with Gasteiger partial charge in [0.05, 0.1) is 5.69 Å². The Morgan fingerprint density at radius 3 is 2.84 bits per heavy atom. The molecule has 2 unspecified atom stereocenters. The molecule has 1 fully saturated rings. The molecule has 0 aromatic carbocycles. The van der Waals surface area contributed by atoms with Gasteiger partial charge in [0.2, 0.25) is 0 Å². The molecule has 2 rings (SSSR count). The zero-order valence-corrected chi connectivity index (χ0v) is 11.9. The van der Waals surface area contributed by atoms with Crippen LogP contribution in [0, 0.1) is 0 Å². The van der Waals surface area contributed by atoms with Crippen molar-refractivity contribution >= 4 is 5.91 Å². The summed E-state index contributed by atoms with van der Waals surface area (Å²) in [5.74, 6) is -0.0450. The average molecular weight is 264 g/mol. The van der Waals surface area contributed by atoms with Crippen molar-refractivity contribution in [1.82, 2.24) is 15.1 Å². The first-order valence-corrected chi connectivity index (χ1v) is 7.28. The third-order valence-electron chi connectivity index (χ3n) is 3.86. The zero-order chi connectivity index (χ0) is 13.8. The number of amides is 1. The number of nitrogens with one attached hydrogen (secondary N) is 1. The lowest BCUT2D eigenvalue weighted by Crippen LogP contribution is -2.49. The van der Waals surface area contributed by atoms with Gasteiger partial charge in [0.25, 0.3) is 5.91 Å². The Kier molecular flexibility index (Phi) is 4.58. The quantitative estimate of drug-likeness (QED) is 0.865. The molecule has 5 heteroatoms. The largest absolute Gasteiger partial charge is 0.346 e. The van der Waals surface area contributed by atoms with E-state index in [-0.39, 0.29) is 18.0 Å². The summed E-state index contributed by atoms with van der Waals surface area (Å²) in [4.78, 5) is 12.3. The van der Waals surface area contributed by atoms with E-state index < -0.39 is 0 Å². The van der Waals surface area contributed by atoms with Crippen molar-refractivity contribution in [1.29, 1.82) is 0 Å². The van der Waals surface area contributed by atoms with E-state index in [1.807, 2.05) is 19.9 Å². The number of hydrogen-bond acceptors (Lipinski definition) is 3. The fraction of sp³-hybridized carbons (Fsp3) is 0.714. The van der Waals surface area contributed by atoms with Gasteiger partial charge in [-0.1, -0.05) is 19.8 Å². The maximum atomic E-state index is 12.3. The van der Waals surface area contributed by atoms with Gasteiger partial charge < -0.3 is 11.1 Å². The molecule has 19 heavy (non-hydrogen) atoms. The molecule has 1 aliphatic rings. The predicted molar refractivity (Wildman–Crippen MR) is 75.0 cm³/mol. The Bertz CT molecular complexity index is 441. The highest BCUT2D eigenvalue weighted by Crippen LogP contribution is 2.17. The summed E-state index contributed by atoms with van der Waals surface area (Å²) in [5.41, 5.74) is 7.68. The maximum Gasteiger partial charge on any atom is 0.269 e. The number of rotatable bonds is 4. The lowest BCUT2D eigenvalue weighted by atomic mass is 9.91. The summed E-state index contributed by atoms with van der Waals surface area (Å²) < 4.78 is 1.77. The summed E-state index contributed by atoms with van der Waals surface area (Å²) >= 11 is 0. The fourth-order valence-electron chi connectivity index (χ4n) is 2.65. The second-order valence-corrected chi connectivity index (χ2v) is 5.22. The van der Waals surface area contributed by atoms with Crippen molar-refractivity contribution in [2.75, 3.05) is 0 Å². The van der Waals surface area contributed by atoms with Crippen molar-refractivity contribution in [2.45, 2.75) is 64.6 Å². The number of aryl methyl sites for hydroxylation is 2. The van der Waals surface area contributed by atoms with Gasteiger partial charge in [0.15, 0.2) is 0 Å². The van der Waals surface area contributed by atoms with Crippen LogP contribution in [-0.4, -0.2) is 27.8 Å². The van der Waals surface area contributed by atoms with E-state index in [1.165, 1.54) is 6.42 Å². The van der Waals surface area contributed by atoms with Gasteiger partial charge in [-0.2, -0.15) is 5.10 Å². The van der Waals surface area contributed by atoms with Gasteiger partial charge in [-0.25, -0.2) is 0 Å². The second kappa shape index (κ2) is 6.19. The molecule has 0 spiro atoms. The number of carbonyl (C=O) groups is 1. The van der Waals surface area contributed by atoms with Crippen LogP contribution in [0.3, 0.4) is 0 Å². The van der Waals surface area contributed by atoms with Crippen LogP contribution in [0.25, 0.3) is 0 Å². The molecule has 1 aromatic heterocycles. The van der Waals surface area contributed by atoms with E-state index in [0.29, 0.717) is 12.2 Å². The van der Waals surface area contributed by atoms with Crippen molar-refractivity contribution in [3.8, 4) is 0 Å². The highest BCUT2D eigenvalue weighted by atomic mass is 16.2. The number of carbonyl (C=O) groups excluding carboxylic acids is 1. The third-order valence-corrected chi connectivity index (χ3v) is 3.86. The van der Waals surface area contributed by atoms with Crippen molar-refractivity contribution in [2.24, 2.45) is 5.73 Å². The maximum absolute atomic E-state index is 12.3. The summed E-state index contributed by atoms with van der Waals surface area (Å²) in [6, 6.07) is 2.07. The summed E-state index contributed by atoms with van der Waals surface area (Å²) in [6.45, 7) is 4.75. The van der Waals surface area contributed by atoms with Gasteiger partial charge >= 0.3 is 0 Å². The first-order valence-electron chi connectivity index (χ1n) is 7.28. The van der Waals surface area contributed by atoms with Crippen LogP contribution in [0.1, 0.15) is 55.7 Å². The molecule has 1 aliphatic carbocycles. The van der Waals surface area contributed by atoms with Crippen LogP contribution in [0.2, 0.25) is 0 Å². The van der Waals surface area contributed by atoms with Gasteiger partial charge in [-0.05, 0) is 32.3 Å². The van der Waals surface area contributed by atoms with Gasteiger partial charge in [0, 0.05) is 18.6 Å². The number of nitrogens with zero attached hydrogens (tertiary/aromatic N) is 2. The Morgan fingerprint density at radius 2 is 2.21 bits per heavy atom. The molecular weight excluding hydrogens is 240 g/mol. The van der Waals surface area contributed by atoms with Gasteiger partial charge in [-0.3, -0.25) is 9.48 Å². The minimum absolute atomic E-state index is 0.0450. The van der Waals surface area contributed by atoms with Crippen LogP contribution in [0.5, 0.6) is 0 Å². The fourth-order valence-corrected chi connectivity index (χ4v) is 2.65. The van der Waals surface area contributed by atoms with Gasteiger partial charge in [-0.15, -0.1) is 0 Å². The van der Waals surface area contributed by atoms with E-state index in [9.17, 15) is 4.79 Å². The average Bonchev–Trinajstić information content (AvgIpc) is 2.84. The van der Waals surface area contributed by atoms with Crippen molar-refractivity contribution in [3.63, 3.8) is 0 Å². The third kappa shape index (κ3) is 3.15. The van der Waals surface area contributed by atoms with Crippen LogP contribution in [0.4, 0.5) is 0 Å². The summed E-state index contributed by atoms with van der Waals surface area (Å²) in [7, 11) is 0. The van der Waals surface area contributed by atoms with Crippen LogP contribution in [0.15, 0.2) is 6.07 Å². The first kappa shape index (κ1) is 14.1. The van der Waals surface area contributed by atoms with E-state index >= 15 is 0 Å². The SMILES string of the molecule is CCc1cc(C(=O)NC2CCCCC2N)n(CC)n1. The molecular formula is C14H24N4O. The Morgan fingerprint density at radius 1 is 1.47 bits per heavy atom. The molecule has 0 saturated heterocycles. The Labute approximate surface area is 114 Å². The van der Waals surface area contributed by atoms with E-state index in [4.69, 9.17) is 5.73 Å². The van der Waals surface area contributed by atoms with E-state index in [2.05, 4.69) is 10.4 Å². The number of hydrogen-bond donors (Lipinski definition) is 2. The minimum Gasteiger partial charge on any atom is -0.346 e. The summed E-state index contributed by atoms with van der Waals surface area (Å²) in [6.07, 6.45) is 5.13. The zero-order valence-electron chi connectivity index (χ0n) is 11.9. The monoisotopic (exact) mass is 264 g/mol. The van der Waals surface area contributed by atoms with Crippen molar-refractivity contribution < 1.29 is 4.79 Å². The van der Waals surface area contributed by atoms with Crippen LogP contribution in [-0.2, 0) is 13.0 Å². The smallest absolute Gasteiger partial charge is 0.269 e. The molecule has 0 bridgehead atoms. The number of nitrogens with two attached hydrogens (primary N) is 1. The molecule has 2 atom stereocenters.